The zero-order valence-electron chi connectivity index (χ0n) is 17.8. The fraction of sp³-hybridized carbons (Fsp3) is 0.304. The normalized spacial score (nSPS) is 15.2. The van der Waals surface area contributed by atoms with Gasteiger partial charge in [0.1, 0.15) is 0 Å². The van der Waals surface area contributed by atoms with Crippen molar-refractivity contribution in [2.75, 3.05) is 18.4 Å². The largest absolute Gasteiger partial charge is 0.351 e. The second-order valence-electron chi connectivity index (χ2n) is 7.62. The third-order valence-electron chi connectivity index (χ3n) is 5.20. The number of benzene rings is 2. The van der Waals surface area contributed by atoms with Crippen LogP contribution in [0, 0.1) is 0 Å². The van der Waals surface area contributed by atoms with Gasteiger partial charge >= 0.3 is 6.03 Å². The van der Waals surface area contributed by atoms with Crippen LogP contribution >= 0.6 is 0 Å². The van der Waals surface area contributed by atoms with E-state index >= 15 is 0 Å². The molecule has 3 rings (SSSR count). The Morgan fingerprint density at radius 2 is 1.56 bits per heavy atom. The van der Waals surface area contributed by atoms with E-state index < -0.39 is 16.1 Å². The van der Waals surface area contributed by atoms with Crippen molar-refractivity contribution in [1.82, 2.24) is 9.62 Å². The molecule has 170 valence electrons. The molecule has 2 aromatic carbocycles. The molecule has 32 heavy (non-hydrogen) atoms. The van der Waals surface area contributed by atoms with E-state index in [-0.39, 0.29) is 10.8 Å². The summed E-state index contributed by atoms with van der Waals surface area (Å²) >= 11 is 0. The zero-order chi connectivity index (χ0) is 23.0. The third-order valence-corrected chi connectivity index (χ3v) is 7.11. The lowest BCUT2D eigenvalue weighted by Crippen LogP contribution is -2.31. The predicted molar refractivity (Wildman–Crippen MR) is 124 cm³/mol. The summed E-state index contributed by atoms with van der Waals surface area (Å²) < 4.78 is 27.2. The summed E-state index contributed by atoms with van der Waals surface area (Å²) in [6.07, 6.45) is 6.96. The van der Waals surface area contributed by atoms with Crippen LogP contribution in [0.5, 0.6) is 0 Å². The molecule has 0 unspecified atom stereocenters. The summed E-state index contributed by atoms with van der Waals surface area (Å²) in [5, 5.41) is 5.24. The maximum absolute atomic E-state index is 12.8. The fourth-order valence-corrected chi connectivity index (χ4v) is 4.97. The zero-order valence-corrected chi connectivity index (χ0v) is 18.6. The Kier molecular flexibility index (Phi) is 8.02. The first-order valence-electron chi connectivity index (χ1n) is 10.6. The van der Waals surface area contributed by atoms with E-state index in [1.807, 2.05) is 0 Å². The molecular formula is C23H28N4O4S. The molecule has 9 heteroatoms. The Labute approximate surface area is 188 Å². The van der Waals surface area contributed by atoms with E-state index in [1.54, 1.807) is 58.9 Å². The summed E-state index contributed by atoms with van der Waals surface area (Å²) in [5.74, 6) is -0.273. The number of nitrogens with zero attached hydrogens (tertiary/aromatic N) is 1. The van der Waals surface area contributed by atoms with Gasteiger partial charge in [0.25, 0.3) is 0 Å². The number of nitrogens with two attached hydrogens (primary N) is 1. The van der Waals surface area contributed by atoms with Crippen LogP contribution in [-0.4, -0.2) is 37.8 Å². The van der Waals surface area contributed by atoms with Crippen LogP contribution in [0.2, 0.25) is 0 Å². The molecule has 0 spiro atoms. The maximum atomic E-state index is 12.8. The first-order chi connectivity index (χ1) is 15.3. The lowest BCUT2D eigenvalue weighted by atomic mass is 10.2. The molecule has 3 amide bonds. The van der Waals surface area contributed by atoms with Crippen molar-refractivity contribution in [3.05, 3.63) is 65.7 Å². The number of hydrogen-bond acceptors (Lipinski definition) is 4. The first-order valence-corrected chi connectivity index (χ1v) is 12.0. The van der Waals surface area contributed by atoms with Gasteiger partial charge in [-0.2, -0.15) is 4.31 Å². The molecule has 1 aliphatic rings. The number of carbonyl (C=O) groups is 2. The predicted octanol–water partition coefficient (Wildman–Crippen LogP) is 3.07. The number of urea groups is 1. The van der Waals surface area contributed by atoms with Crippen LogP contribution < -0.4 is 16.4 Å². The van der Waals surface area contributed by atoms with Gasteiger partial charge in [0, 0.05) is 31.4 Å². The minimum atomic E-state index is -3.48. The molecule has 0 bridgehead atoms. The highest BCUT2D eigenvalue weighted by Crippen LogP contribution is 2.21. The minimum Gasteiger partial charge on any atom is -0.351 e. The van der Waals surface area contributed by atoms with Crippen molar-refractivity contribution in [2.24, 2.45) is 5.73 Å². The van der Waals surface area contributed by atoms with Gasteiger partial charge in [0.2, 0.25) is 15.9 Å². The Hall–Kier alpha value is -3.17. The molecule has 0 saturated carbocycles. The molecule has 0 aliphatic carbocycles. The molecule has 0 radical (unpaired) electrons. The molecule has 1 fully saturated rings. The van der Waals surface area contributed by atoms with Crippen molar-refractivity contribution in [3.8, 4) is 0 Å². The standard InChI is InChI=1S/C23H28N4O4S/c24-23(29)26-20-10-5-19(6-11-20)17-25-22(28)14-9-18-7-12-21(13-8-18)32(30,31)27-15-3-1-2-4-16-27/h5-14H,1-4,15-17H2,(H,25,28)(H3,24,26,29)/b14-9+. The van der Waals surface area contributed by atoms with Crippen molar-refractivity contribution in [1.29, 1.82) is 0 Å². The highest BCUT2D eigenvalue weighted by molar-refractivity contribution is 7.89. The van der Waals surface area contributed by atoms with Crippen molar-refractivity contribution in [3.63, 3.8) is 0 Å². The molecule has 1 saturated heterocycles. The molecule has 4 N–H and O–H groups in total. The summed E-state index contributed by atoms with van der Waals surface area (Å²) in [5.41, 5.74) is 7.24. The van der Waals surface area contributed by atoms with Crippen molar-refractivity contribution < 1.29 is 18.0 Å². The Balaban J connectivity index is 1.53. The molecular weight excluding hydrogens is 428 g/mol. The Morgan fingerprint density at radius 1 is 0.938 bits per heavy atom. The second-order valence-corrected chi connectivity index (χ2v) is 9.56. The quantitative estimate of drug-likeness (QED) is 0.554. The summed E-state index contributed by atoms with van der Waals surface area (Å²) in [6, 6.07) is 12.9. The highest BCUT2D eigenvalue weighted by Gasteiger charge is 2.24. The van der Waals surface area contributed by atoms with Crippen molar-refractivity contribution in [2.45, 2.75) is 37.1 Å². The topological polar surface area (TPSA) is 122 Å². The highest BCUT2D eigenvalue weighted by atomic mass is 32.2. The molecule has 0 aromatic heterocycles. The molecule has 8 nitrogen and oxygen atoms in total. The van der Waals surface area contributed by atoms with Gasteiger partial charge in [-0.15, -0.1) is 0 Å². The Bertz CT molecular complexity index is 1060. The van der Waals surface area contributed by atoms with Gasteiger partial charge in [-0.25, -0.2) is 13.2 Å². The summed E-state index contributed by atoms with van der Waals surface area (Å²) in [7, 11) is -3.48. The second kappa shape index (κ2) is 10.9. The fourth-order valence-electron chi connectivity index (χ4n) is 3.45. The molecule has 0 atom stereocenters. The van der Waals surface area contributed by atoms with Crippen LogP contribution in [0.1, 0.15) is 36.8 Å². The minimum absolute atomic E-state index is 0.273. The van der Waals surface area contributed by atoms with E-state index in [1.165, 1.54) is 6.08 Å². The van der Waals surface area contributed by atoms with E-state index in [2.05, 4.69) is 10.6 Å². The number of rotatable bonds is 7. The van der Waals surface area contributed by atoms with Gasteiger partial charge < -0.3 is 16.4 Å². The van der Waals surface area contributed by atoms with Gasteiger partial charge in [-0.3, -0.25) is 4.79 Å². The number of sulfonamides is 1. The van der Waals surface area contributed by atoms with Gasteiger partial charge in [0.15, 0.2) is 0 Å². The SMILES string of the molecule is NC(=O)Nc1ccc(CNC(=O)/C=C/c2ccc(S(=O)(=O)N3CCCCCC3)cc2)cc1. The number of anilines is 1. The molecule has 1 heterocycles. The van der Waals surface area contributed by atoms with Crippen LogP contribution in [-0.2, 0) is 21.4 Å². The van der Waals surface area contributed by atoms with Crippen LogP contribution in [0.15, 0.2) is 59.5 Å². The number of carbonyl (C=O) groups excluding carboxylic acids is 2. The number of hydrogen-bond donors (Lipinski definition) is 3. The van der Waals surface area contributed by atoms with E-state index in [9.17, 15) is 18.0 Å². The van der Waals surface area contributed by atoms with E-state index in [0.717, 1.165) is 36.8 Å². The Morgan fingerprint density at radius 3 is 2.16 bits per heavy atom. The van der Waals surface area contributed by atoms with E-state index in [4.69, 9.17) is 5.73 Å². The number of primary amides is 1. The van der Waals surface area contributed by atoms with E-state index in [0.29, 0.717) is 25.3 Å². The van der Waals surface area contributed by atoms with Gasteiger partial charge in [0.05, 0.1) is 4.90 Å². The molecule has 2 aromatic rings. The van der Waals surface area contributed by atoms with Crippen LogP contribution in [0.25, 0.3) is 6.08 Å². The summed E-state index contributed by atoms with van der Waals surface area (Å²) in [6.45, 7) is 1.45. The van der Waals surface area contributed by atoms with Crippen LogP contribution in [0.3, 0.4) is 0 Å². The van der Waals surface area contributed by atoms with Gasteiger partial charge in [-0.1, -0.05) is 37.1 Å². The van der Waals surface area contributed by atoms with Crippen LogP contribution in [0.4, 0.5) is 10.5 Å². The summed E-state index contributed by atoms with van der Waals surface area (Å²) in [4.78, 5) is 23.2. The van der Waals surface area contributed by atoms with Gasteiger partial charge in [-0.05, 0) is 54.3 Å². The first kappa shape index (κ1) is 23.5. The lowest BCUT2D eigenvalue weighted by Gasteiger charge is -2.19. The number of nitrogens with one attached hydrogen (secondary N) is 2. The average Bonchev–Trinajstić information content (AvgIpc) is 3.07. The monoisotopic (exact) mass is 456 g/mol. The lowest BCUT2D eigenvalue weighted by molar-refractivity contribution is -0.116. The smallest absolute Gasteiger partial charge is 0.316 e. The maximum Gasteiger partial charge on any atom is 0.316 e. The third kappa shape index (κ3) is 6.66. The van der Waals surface area contributed by atoms with Crippen molar-refractivity contribution >= 4 is 33.7 Å². The number of amides is 3. The average molecular weight is 457 g/mol. The molecule has 1 aliphatic heterocycles.